The first-order chi connectivity index (χ1) is 13.7. The monoisotopic (exact) mass is 416 g/mol. The average molecular weight is 417 g/mol. The molecule has 0 aromatic carbocycles. The molecule has 0 spiro atoms. The molecule has 6 heteroatoms. The number of carbonyl (C=O) groups is 2. The van der Waals surface area contributed by atoms with Gasteiger partial charge in [0.05, 0.1) is 0 Å². The molecule has 29 heavy (non-hydrogen) atoms. The van der Waals surface area contributed by atoms with E-state index in [1.54, 1.807) is 13.0 Å². The minimum absolute atomic E-state index is 0.00894. The zero-order chi connectivity index (χ0) is 22.3. The second-order valence-corrected chi connectivity index (χ2v) is 6.82. The van der Waals surface area contributed by atoms with Crippen LogP contribution in [0, 0.1) is 0 Å². The Morgan fingerprint density at radius 2 is 1.93 bits per heavy atom. The van der Waals surface area contributed by atoms with E-state index in [1.807, 2.05) is 39.0 Å². The lowest BCUT2D eigenvalue weighted by atomic mass is 10.0. The van der Waals surface area contributed by atoms with Gasteiger partial charge in [0.2, 0.25) is 0 Å². The fraction of sp³-hybridized carbons (Fsp3) is 0.652. The van der Waals surface area contributed by atoms with Crippen LogP contribution in [0.1, 0.15) is 85.5 Å². The first-order valence-corrected chi connectivity index (χ1v) is 10.5. The number of unbranched alkanes of at least 4 members (excludes halogenated alkanes) is 2. The van der Waals surface area contributed by atoms with Gasteiger partial charge in [0.25, 0.3) is 0 Å². The summed E-state index contributed by atoms with van der Waals surface area (Å²) in [5.41, 5.74) is 1.36. The van der Waals surface area contributed by atoms with Gasteiger partial charge >= 0.3 is 12.1 Å². The Kier molecular flexibility index (Phi) is 14.1. The predicted octanol–water partition coefficient (Wildman–Crippen LogP) is 7.03. The molecule has 0 N–H and O–H groups in total. The van der Waals surface area contributed by atoms with E-state index in [-0.39, 0.29) is 24.6 Å². The lowest BCUT2D eigenvalue weighted by Crippen LogP contribution is -2.18. The minimum Gasteiger partial charge on any atom is -0.462 e. The molecule has 0 aromatic heterocycles. The standard InChI is InChI=1S/C21H29F3O3.C2H6/c1-3-4-5-6-10-19(25)27-18(9-7-8-15-21(22,23)24)14-13-17-12-11-16(2)20(17)26;1-2/h3-4,11,13,18H,5-10,12,14-15H2,1-2H3;1-2H3/b4-3-,17-13+;. The maximum atomic E-state index is 12.3. The topological polar surface area (TPSA) is 43.4 Å². The molecule has 0 heterocycles. The summed E-state index contributed by atoms with van der Waals surface area (Å²) in [6.07, 6.45) is 5.34. The van der Waals surface area contributed by atoms with E-state index >= 15 is 0 Å². The van der Waals surface area contributed by atoms with Crippen molar-refractivity contribution in [2.75, 3.05) is 0 Å². The van der Waals surface area contributed by atoms with Crippen LogP contribution < -0.4 is 0 Å². The van der Waals surface area contributed by atoms with Gasteiger partial charge in [-0.2, -0.15) is 13.2 Å². The minimum atomic E-state index is -4.17. The second kappa shape index (κ2) is 15.1. The second-order valence-electron chi connectivity index (χ2n) is 6.82. The van der Waals surface area contributed by atoms with E-state index in [9.17, 15) is 22.8 Å². The van der Waals surface area contributed by atoms with Crippen LogP contribution in [0.15, 0.2) is 35.5 Å². The molecule has 0 bridgehead atoms. The molecule has 0 fully saturated rings. The molecule has 3 nitrogen and oxygen atoms in total. The molecule has 1 unspecified atom stereocenters. The summed E-state index contributed by atoms with van der Waals surface area (Å²) in [6.45, 7) is 7.66. The van der Waals surface area contributed by atoms with Gasteiger partial charge in [-0.3, -0.25) is 9.59 Å². The van der Waals surface area contributed by atoms with Gasteiger partial charge in [-0.25, -0.2) is 0 Å². The van der Waals surface area contributed by atoms with Crippen molar-refractivity contribution in [2.45, 2.75) is 97.8 Å². The fourth-order valence-electron chi connectivity index (χ4n) is 2.85. The van der Waals surface area contributed by atoms with E-state index in [1.165, 1.54) is 0 Å². The number of rotatable bonds is 11. The maximum Gasteiger partial charge on any atom is 0.389 e. The smallest absolute Gasteiger partial charge is 0.389 e. The molecule has 0 saturated carbocycles. The van der Waals surface area contributed by atoms with E-state index in [2.05, 4.69) is 0 Å². The fourth-order valence-corrected chi connectivity index (χ4v) is 2.85. The van der Waals surface area contributed by atoms with Crippen LogP contribution in [0.25, 0.3) is 0 Å². The highest BCUT2D eigenvalue weighted by Gasteiger charge is 2.26. The number of ether oxygens (including phenoxy) is 1. The van der Waals surface area contributed by atoms with Crippen molar-refractivity contribution >= 4 is 11.8 Å². The summed E-state index contributed by atoms with van der Waals surface area (Å²) in [5.74, 6) is -0.353. The zero-order valence-electron chi connectivity index (χ0n) is 18.1. The highest BCUT2D eigenvalue weighted by Crippen LogP contribution is 2.25. The molecule has 1 aliphatic carbocycles. The molecule has 0 radical (unpaired) electrons. The molecule has 0 aliphatic heterocycles. The first-order valence-electron chi connectivity index (χ1n) is 10.5. The lowest BCUT2D eigenvalue weighted by molar-refractivity contribution is -0.150. The summed E-state index contributed by atoms with van der Waals surface area (Å²) in [5, 5.41) is 0. The van der Waals surface area contributed by atoms with Crippen molar-refractivity contribution in [1.82, 2.24) is 0 Å². The number of hydrogen-bond acceptors (Lipinski definition) is 3. The number of esters is 1. The summed E-state index contributed by atoms with van der Waals surface area (Å²) in [7, 11) is 0. The van der Waals surface area contributed by atoms with Crippen molar-refractivity contribution in [3.05, 3.63) is 35.5 Å². The largest absolute Gasteiger partial charge is 0.462 e. The Morgan fingerprint density at radius 3 is 2.48 bits per heavy atom. The van der Waals surface area contributed by atoms with Crippen molar-refractivity contribution < 1.29 is 27.5 Å². The number of alkyl halides is 3. The van der Waals surface area contributed by atoms with Gasteiger partial charge in [0, 0.05) is 19.3 Å². The third-order valence-corrected chi connectivity index (χ3v) is 4.43. The quantitative estimate of drug-likeness (QED) is 0.157. The van der Waals surface area contributed by atoms with Gasteiger partial charge in [-0.1, -0.05) is 38.2 Å². The van der Waals surface area contributed by atoms with Gasteiger partial charge in [-0.05, 0) is 63.5 Å². The molecule has 1 atom stereocenters. The van der Waals surface area contributed by atoms with Crippen molar-refractivity contribution in [1.29, 1.82) is 0 Å². The summed E-state index contributed by atoms with van der Waals surface area (Å²) >= 11 is 0. The molecular weight excluding hydrogens is 381 g/mol. The Balaban J connectivity index is 0.00000379. The van der Waals surface area contributed by atoms with E-state index in [0.29, 0.717) is 43.3 Å². The van der Waals surface area contributed by atoms with Crippen LogP contribution in [0.4, 0.5) is 13.2 Å². The van der Waals surface area contributed by atoms with Gasteiger partial charge < -0.3 is 4.74 Å². The molecule has 1 rings (SSSR count). The molecule has 166 valence electrons. The summed E-state index contributed by atoms with van der Waals surface area (Å²) in [6, 6.07) is 0. The predicted molar refractivity (Wildman–Crippen MR) is 110 cm³/mol. The van der Waals surface area contributed by atoms with Crippen LogP contribution in [0.3, 0.4) is 0 Å². The first kappa shape index (κ1) is 27.1. The number of Topliss-reactive ketones (excluding diaryl/α,β-unsaturated/α-hetero) is 1. The number of ketones is 1. The van der Waals surface area contributed by atoms with Crippen molar-refractivity contribution in [2.24, 2.45) is 0 Å². The summed E-state index contributed by atoms with van der Waals surface area (Å²) in [4.78, 5) is 23.9. The number of halogens is 3. The molecule has 0 saturated heterocycles. The Morgan fingerprint density at radius 1 is 1.24 bits per heavy atom. The van der Waals surface area contributed by atoms with Gasteiger partial charge in [0.1, 0.15) is 6.10 Å². The maximum absolute atomic E-state index is 12.3. The summed E-state index contributed by atoms with van der Waals surface area (Å²) < 4.78 is 42.3. The number of allylic oxidation sites excluding steroid dienone is 5. The molecule has 1 aliphatic rings. The molecule has 0 aromatic rings. The third kappa shape index (κ3) is 13.1. The van der Waals surface area contributed by atoms with E-state index in [0.717, 1.165) is 6.42 Å². The highest BCUT2D eigenvalue weighted by atomic mass is 19.4. The van der Waals surface area contributed by atoms with Gasteiger partial charge in [0.15, 0.2) is 5.78 Å². The number of carbonyl (C=O) groups excluding carboxylic acids is 2. The van der Waals surface area contributed by atoms with Crippen molar-refractivity contribution in [3.8, 4) is 0 Å². The van der Waals surface area contributed by atoms with Crippen LogP contribution in [-0.2, 0) is 14.3 Å². The number of hydrogen-bond donors (Lipinski definition) is 0. The highest BCUT2D eigenvalue weighted by molar-refractivity contribution is 6.10. The zero-order valence-corrected chi connectivity index (χ0v) is 18.1. The van der Waals surface area contributed by atoms with E-state index < -0.39 is 18.7 Å². The van der Waals surface area contributed by atoms with Gasteiger partial charge in [-0.15, -0.1) is 0 Å². The molecular formula is C23H35F3O3. The Labute approximate surface area is 173 Å². The normalized spacial score (nSPS) is 16.6. The van der Waals surface area contributed by atoms with E-state index in [4.69, 9.17) is 4.74 Å². The van der Waals surface area contributed by atoms with Crippen molar-refractivity contribution in [3.63, 3.8) is 0 Å². The average Bonchev–Trinajstić information content (AvgIpc) is 2.99. The molecule has 0 amide bonds. The Hall–Kier alpha value is -1.85. The Bertz CT molecular complexity index is 587. The van der Waals surface area contributed by atoms with Crippen LogP contribution in [0.2, 0.25) is 0 Å². The van der Waals surface area contributed by atoms with Crippen LogP contribution >= 0.6 is 0 Å². The third-order valence-electron chi connectivity index (χ3n) is 4.43. The SMILES string of the molecule is C/C=C\CCCC(=O)OC(C/C=C1\CC=C(C)C1=O)CCCCC(F)(F)F.CC. The van der Waals surface area contributed by atoms with Crippen LogP contribution in [0.5, 0.6) is 0 Å². The lowest BCUT2D eigenvalue weighted by Gasteiger charge is -2.17. The van der Waals surface area contributed by atoms with Crippen LogP contribution in [-0.4, -0.2) is 24.0 Å².